The van der Waals surface area contributed by atoms with E-state index in [9.17, 15) is 9.59 Å². The van der Waals surface area contributed by atoms with E-state index < -0.39 is 0 Å². The number of rotatable bonds is 2. The molecule has 2 aliphatic heterocycles. The molecular weight excluding hydrogens is 220 g/mol. The molecule has 96 valence electrons. The second-order valence-corrected chi connectivity index (χ2v) is 4.98. The average molecular weight is 240 g/mol. The Morgan fingerprint density at radius 2 is 2.24 bits per heavy atom. The Morgan fingerprint density at radius 1 is 1.41 bits per heavy atom. The first-order chi connectivity index (χ1) is 8.16. The first kappa shape index (κ1) is 12.2. The zero-order chi connectivity index (χ0) is 12.3. The third-order valence-corrected chi connectivity index (χ3v) is 3.39. The fraction of sp³-hybridized carbons (Fsp3) is 0.833. The number of cyclic esters (lactones) is 1. The van der Waals surface area contributed by atoms with Crippen molar-refractivity contribution in [1.29, 1.82) is 0 Å². The highest BCUT2D eigenvalue weighted by Crippen LogP contribution is 2.16. The van der Waals surface area contributed by atoms with Gasteiger partial charge < -0.3 is 9.64 Å². The van der Waals surface area contributed by atoms with Crippen molar-refractivity contribution in [3.05, 3.63) is 0 Å². The summed E-state index contributed by atoms with van der Waals surface area (Å²) in [6, 6.07) is 0. The molecule has 0 aromatic rings. The lowest BCUT2D eigenvalue weighted by molar-refractivity contribution is -0.134. The van der Waals surface area contributed by atoms with Gasteiger partial charge in [-0.2, -0.15) is 0 Å². The Morgan fingerprint density at radius 3 is 2.94 bits per heavy atom. The normalized spacial score (nSPS) is 25.7. The van der Waals surface area contributed by atoms with Crippen molar-refractivity contribution >= 4 is 12.0 Å². The molecule has 2 rings (SSSR count). The summed E-state index contributed by atoms with van der Waals surface area (Å²) in [4.78, 5) is 26.8. The number of hydrogen-bond acceptors (Lipinski definition) is 3. The molecule has 2 heterocycles. The quantitative estimate of drug-likeness (QED) is 0.726. The van der Waals surface area contributed by atoms with Gasteiger partial charge in [0.15, 0.2) is 0 Å². The van der Waals surface area contributed by atoms with Crippen molar-refractivity contribution in [3.63, 3.8) is 0 Å². The molecule has 5 heteroatoms. The molecule has 2 aliphatic rings. The van der Waals surface area contributed by atoms with Crippen LogP contribution >= 0.6 is 0 Å². The molecule has 0 aliphatic carbocycles. The molecule has 2 fully saturated rings. The highest BCUT2D eigenvalue weighted by Gasteiger charge is 2.26. The Bertz CT molecular complexity index is 306. The van der Waals surface area contributed by atoms with Crippen LogP contribution in [0.1, 0.15) is 26.2 Å². The Balaban J connectivity index is 1.85. The van der Waals surface area contributed by atoms with E-state index >= 15 is 0 Å². The number of carbonyl (C=O) groups excluding carboxylic acids is 2. The summed E-state index contributed by atoms with van der Waals surface area (Å²) >= 11 is 0. The minimum Gasteiger partial charge on any atom is -0.449 e. The summed E-state index contributed by atoms with van der Waals surface area (Å²) in [6.45, 7) is 5.09. The average Bonchev–Trinajstić information content (AvgIpc) is 2.32. The summed E-state index contributed by atoms with van der Waals surface area (Å²) in [6.07, 6.45) is 2.72. The van der Waals surface area contributed by atoms with Gasteiger partial charge in [0, 0.05) is 19.6 Å². The number of piperidine rings is 1. The van der Waals surface area contributed by atoms with E-state index in [1.807, 2.05) is 4.90 Å². The Labute approximate surface area is 102 Å². The summed E-state index contributed by atoms with van der Waals surface area (Å²) in [7, 11) is 0. The van der Waals surface area contributed by atoms with Gasteiger partial charge in [0.05, 0.1) is 6.61 Å². The van der Waals surface area contributed by atoms with Crippen molar-refractivity contribution in [2.75, 3.05) is 32.8 Å². The van der Waals surface area contributed by atoms with Crippen molar-refractivity contribution in [2.24, 2.45) is 5.92 Å². The van der Waals surface area contributed by atoms with Gasteiger partial charge in [-0.25, -0.2) is 4.79 Å². The molecule has 0 N–H and O–H groups in total. The van der Waals surface area contributed by atoms with Crippen LogP contribution in [0.25, 0.3) is 0 Å². The van der Waals surface area contributed by atoms with E-state index in [4.69, 9.17) is 4.74 Å². The highest BCUT2D eigenvalue weighted by molar-refractivity contribution is 5.82. The molecule has 0 saturated carbocycles. The molecule has 0 spiro atoms. The molecule has 0 aromatic carbocycles. The Hall–Kier alpha value is -1.26. The maximum Gasteiger partial charge on any atom is 0.410 e. The molecule has 0 bridgehead atoms. The second-order valence-electron chi connectivity index (χ2n) is 4.98. The van der Waals surface area contributed by atoms with E-state index in [0.29, 0.717) is 19.1 Å². The van der Waals surface area contributed by atoms with Gasteiger partial charge in [-0.15, -0.1) is 0 Å². The lowest BCUT2D eigenvalue weighted by Crippen LogP contribution is -2.48. The predicted molar refractivity (Wildman–Crippen MR) is 62.5 cm³/mol. The molecule has 0 aromatic heterocycles. The van der Waals surface area contributed by atoms with Gasteiger partial charge in [-0.3, -0.25) is 9.69 Å². The lowest BCUT2D eigenvalue weighted by Gasteiger charge is -2.33. The van der Waals surface area contributed by atoms with E-state index in [-0.39, 0.29) is 18.5 Å². The molecular formula is C12H20N2O3. The number of carbonyl (C=O) groups is 2. The zero-order valence-corrected chi connectivity index (χ0v) is 10.4. The summed E-state index contributed by atoms with van der Waals surface area (Å²) in [5.74, 6) is 0.622. The van der Waals surface area contributed by atoms with Crippen LogP contribution in [0.2, 0.25) is 0 Å². The van der Waals surface area contributed by atoms with Crippen LogP contribution in [0, 0.1) is 5.92 Å². The van der Waals surface area contributed by atoms with E-state index in [2.05, 4.69) is 6.92 Å². The number of nitrogens with zero attached hydrogens (tertiary/aromatic N) is 2. The third kappa shape index (κ3) is 3.11. The fourth-order valence-corrected chi connectivity index (χ4v) is 2.42. The first-order valence-corrected chi connectivity index (χ1v) is 6.36. The molecule has 1 atom stereocenters. The zero-order valence-electron chi connectivity index (χ0n) is 10.4. The largest absolute Gasteiger partial charge is 0.449 e. The van der Waals surface area contributed by atoms with Gasteiger partial charge in [-0.1, -0.05) is 6.92 Å². The maximum absolute atomic E-state index is 12.0. The first-order valence-electron chi connectivity index (χ1n) is 6.36. The molecule has 2 saturated heterocycles. The second kappa shape index (κ2) is 5.38. The van der Waals surface area contributed by atoms with Gasteiger partial charge in [-0.05, 0) is 25.2 Å². The van der Waals surface area contributed by atoms with Gasteiger partial charge >= 0.3 is 6.09 Å². The monoisotopic (exact) mass is 240 g/mol. The molecule has 5 nitrogen and oxygen atoms in total. The van der Waals surface area contributed by atoms with Crippen LogP contribution in [-0.4, -0.2) is 54.6 Å². The molecule has 17 heavy (non-hydrogen) atoms. The topological polar surface area (TPSA) is 49.9 Å². The molecule has 1 unspecified atom stereocenters. The number of amides is 2. The van der Waals surface area contributed by atoms with Crippen LogP contribution in [0.3, 0.4) is 0 Å². The van der Waals surface area contributed by atoms with Gasteiger partial charge in [0.1, 0.15) is 6.54 Å². The number of hydrogen-bond donors (Lipinski definition) is 0. The van der Waals surface area contributed by atoms with Crippen LogP contribution in [0.5, 0.6) is 0 Å². The SMILES string of the molecule is CC1CCCN(C(=O)CN2CCCOC2=O)C1. The van der Waals surface area contributed by atoms with Crippen LogP contribution in [0.4, 0.5) is 4.79 Å². The highest BCUT2D eigenvalue weighted by atomic mass is 16.6. The summed E-state index contributed by atoms with van der Waals surface area (Å²) < 4.78 is 4.92. The maximum atomic E-state index is 12.0. The van der Waals surface area contributed by atoms with Gasteiger partial charge in [0.2, 0.25) is 5.91 Å². The summed E-state index contributed by atoms with van der Waals surface area (Å²) in [5.41, 5.74) is 0. The van der Waals surface area contributed by atoms with Gasteiger partial charge in [0.25, 0.3) is 0 Å². The fourth-order valence-electron chi connectivity index (χ4n) is 2.42. The Kier molecular flexibility index (Phi) is 3.86. The van der Waals surface area contributed by atoms with Crippen molar-refractivity contribution in [3.8, 4) is 0 Å². The van der Waals surface area contributed by atoms with Crippen molar-refractivity contribution in [1.82, 2.24) is 9.80 Å². The summed E-state index contributed by atoms with van der Waals surface area (Å²) in [5, 5.41) is 0. The number of ether oxygens (including phenoxy) is 1. The minimum absolute atomic E-state index is 0.0513. The molecule has 2 amide bonds. The van der Waals surface area contributed by atoms with E-state index in [0.717, 1.165) is 25.9 Å². The smallest absolute Gasteiger partial charge is 0.410 e. The van der Waals surface area contributed by atoms with Crippen LogP contribution in [-0.2, 0) is 9.53 Å². The van der Waals surface area contributed by atoms with E-state index in [1.165, 1.54) is 11.3 Å². The van der Waals surface area contributed by atoms with Crippen molar-refractivity contribution in [2.45, 2.75) is 26.2 Å². The number of likely N-dealkylation sites (tertiary alicyclic amines) is 1. The van der Waals surface area contributed by atoms with Crippen LogP contribution in [0.15, 0.2) is 0 Å². The van der Waals surface area contributed by atoms with Crippen molar-refractivity contribution < 1.29 is 14.3 Å². The third-order valence-electron chi connectivity index (χ3n) is 3.39. The molecule has 0 radical (unpaired) electrons. The lowest BCUT2D eigenvalue weighted by atomic mass is 10.0. The predicted octanol–water partition coefficient (Wildman–Crippen LogP) is 1.09. The standard InChI is InChI=1S/C12H20N2O3/c1-10-4-2-5-13(8-10)11(15)9-14-6-3-7-17-12(14)16/h10H,2-9H2,1H3. The van der Waals surface area contributed by atoms with Crippen LogP contribution < -0.4 is 0 Å². The minimum atomic E-state index is -0.352. The van der Waals surface area contributed by atoms with E-state index in [1.54, 1.807) is 0 Å².